The maximum atomic E-state index is 13.7. The zero-order valence-electron chi connectivity index (χ0n) is 16.9. The van der Waals surface area contributed by atoms with Gasteiger partial charge < -0.3 is 19.9 Å². The molecule has 1 amide bonds. The minimum absolute atomic E-state index is 0.0976. The number of benzene rings is 1. The van der Waals surface area contributed by atoms with Crippen LogP contribution >= 0.6 is 11.3 Å². The second kappa shape index (κ2) is 10.1. The molecule has 2 N–H and O–H groups in total. The Hall–Kier alpha value is -1.98. The average Bonchev–Trinajstić information content (AvgIpc) is 3.18. The Balaban J connectivity index is 1.42. The highest BCUT2D eigenvalue weighted by molar-refractivity contribution is 7.13. The maximum Gasteiger partial charge on any atom is 0.228 e. The van der Waals surface area contributed by atoms with Gasteiger partial charge in [-0.3, -0.25) is 9.69 Å². The molecule has 2 aromatic rings. The molecule has 0 bridgehead atoms. The Morgan fingerprint density at radius 3 is 2.81 bits per heavy atom. The number of nitrogens with one attached hydrogen (secondary N) is 1. The quantitative estimate of drug-likeness (QED) is 0.724. The average molecular weight is 454 g/mol. The molecule has 1 aromatic carbocycles. The molecular weight excluding hydrogens is 428 g/mol. The normalized spacial score (nSPS) is 27.2. The molecule has 2 saturated heterocycles. The summed E-state index contributed by atoms with van der Waals surface area (Å²) < 4.78 is 39.1. The summed E-state index contributed by atoms with van der Waals surface area (Å²) in [4.78, 5) is 18.4. The number of carbonyl (C=O) groups excluding carboxylic acids is 1. The van der Waals surface area contributed by atoms with Crippen LogP contribution in [0, 0.1) is 11.6 Å². The molecule has 10 heteroatoms. The van der Waals surface area contributed by atoms with E-state index in [1.807, 2.05) is 4.90 Å². The lowest BCUT2D eigenvalue weighted by atomic mass is 9.94. The van der Waals surface area contributed by atoms with Crippen molar-refractivity contribution < 1.29 is 28.2 Å². The molecular formula is C21H25F2N3O4S. The molecule has 2 aliphatic heterocycles. The van der Waals surface area contributed by atoms with Gasteiger partial charge in [0.15, 0.2) is 5.13 Å². The number of carbonyl (C=O) groups is 1. The molecule has 2 fully saturated rings. The molecule has 0 spiro atoms. The van der Waals surface area contributed by atoms with E-state index in [1.54, 1.807) is 11.6 Å². The highest BCUT2D eigenvalue weighted by Crippen LogP contribution is 2.29. The van der Waals surface area contributed by atoms with Crippen molar-refractivity contribution in [3.8, 4) is 0 Å². The van der Waals surface area contributed by atoms with Gasteiger partial charge in [0.25, 0.3) is 0 Å². The summed E-state index contributed by atoms with van der Waals surface area (Å²) >= 11 is 1.35. The monoisotopic (exact) mass is 453 g/mol. The van der Waals surface area contributed by atoms with Crippen molar-refractivity contribution in [1.29, 1.82) is 0 Å². The van der Waals surface area contributed by atoms with Crippen LogP contribution in [0.3, 0.4) is 0 Å². The first-order chi connectivity index (χ1) is 15.0. The summed E-state index contributed by atoms with van der Waals surface area (Å²) in [5, 5.41) is 15.3. The lowest BCUT2D eigenvalue weighted by Gasteiger charge is -2.44. The van der Waals surface area contributed by atoms with Crippen LogP contribution in [0.25, 0.3) is 0 Å². The predicted molar refractivity (Wildman–Crippen MR) is 111 cm³/mol. The summed E-state index contributed by atoms with van der Waals surface area (Å²) in [5.74, 6) is -1.42. The third kappa shape index (κ3) is 6.05. The van der Waals surface area contributed by atoms with Crippen molar-refractivity contribution in [3.63, 3.8) is 0 Å². The number of aliphatic hydroxyl groups is 1. The standard InChI is InChI=1S/C21H25F2N3O4S/c22-14-5-13(6-15(23)7-14)9-26-10-16(27)11-29-12-19-18(26)2-1-17(30-19)8-20(28)25-21-24-3-4-31-21/h3-7,16-19,27H,1-2,8-12H2,(H,24,25,28)/t16-,17-,18-,19+/m1/s1. The van der Waals surface area contributed by atoms with Crippen molar-refractivity contribution in [2.24, 2.45) is 0 Å². The van der Waals surface area contributed by atoms with Gasteiger partial charge in [-0.15, -0.1) is 11.3 Å². The van der Waals surface area contributed by atoms with Gasteiger partial charge in [-0.1, -0.05) is 0 Å². The molecule has 0 aliphatic carbocycles. The highest BCUT2D eigenvalue weighted by Gasteiger charge is 2.38. The summed E-state index contributed by atoms with van der Waals surface area (Å²) in [6.07, 6.45) is 1.92. The number of halogens is 2. The number of nitrogens with zero attached hydrogens (tertiary/aromatic N) is 2. The van der Waals surface area contributed by atoms with Crippen molar-refractivity contribution >= 4 is 22.4 Å². The van der Waals surface area contributed by atoms with Crippen LogP contribution in [0.4, 0.5) is 13.9 Å². The van der Waals surface area contributed by atoms with E-state index in [-0.39, 0.29) is 50.3 Å². The molecule has 0 radical (unpaired) electrons. The van der Waals surface area contributed by atoms with Crippen molar-refractivity contribution in [3.05, 3.63) is 47.0 Å². The number of ether oxygens (including phenoxy) is 2. The van der Waals surface area contributed by atoms with Crippen LogP contribution < -0.4 is 5.32 Å². The summed E-state index contributed by atoms with van der Waals surface area (Å²) in [6, 6.07) is 3.34. The number of rotatable bonds is 5. The highest BCUT2D eigenvalue weighted by atomic mass is 32.1. The molecule has 31 heavy (non-hydrogen) atoms. The van der Waals surface area contributed by atoms with Gasteiger partial charge >= 0.3 is 0 Å². The Labute approximate surface area is 183 Å². The lowest BCUT2D eigenvalue weighted by Crippen LogP contribution is -2.55. The SMILES string of the molecule is O=C(C[C@H]1CC[C@@H]2[C@H](COC[C@H](O)CN2Cc2cc(F)cc(F)c2)O1)Nc1nccs1. The molecule has 0 unspecified atom stereocenters. The van der Waals surface area contributed by atoms with Gasteiger partial charge in [-0.05, 0) is 30.5 Å². The van der Waals surface area contributed by atoms with E-state index in [9.17, 15) is 18.7 Å². The molecule has 0 saturated carbocycles. The van der Waals surface area contributed by atoms with Crippen LogP contribution in [0.1, 0.15) is 24.8 Å². The van der Waals surface area contributed by atoms with E-state index < -0.39 is 17.7 Å². The fourth-order valence-corrected chi connectivity index (χ4v) is 4.77. The predicted octanol–water partition coefficient (Wildman–Crippen LogP) is 2.56. The van der Waals surface area contributed by atoms with E-state index in [1.165, 1.54) is 23.5 Å². The van der Waals surface area contributed by atoms with Gasteiger partial charge in [0.1, 0.15) is 11.6 Å². The fourth-order valence-electron chi connectivity index (χ4n) is 4.23. The van der Waals surface area contributed by atoms with Crippen molar-refractivity contribution in [2.75, 3.05) is 25.1 Å². The largest absolute Gasteiger partial charge is 0.389 e. The second-order valence-corrected chi connectivity index (χ2v) is 8.82. The van der Waals surface area contributed by atoms with Crippen molar-refractivity contribution in [1.82, 2.24) is 9.88 Å². The molecule has 4 rings (SSSR count). The van der Waals surface area contributed by atoms with Gasteiger partial charge in [-0.25, -0.2) is 13.8 Å². The zero-order chi connectivity index (χ0) is 21.8. The third-order valence-corrected chi connectivity index (χ3v) is 6.18. The molecule has 3 heterocycles. The van der Waals surface area contributed by atoms with Crippen LogP contribution in [0.2, 0.25) is 0 Å². The Bertz CT molecular complexity index is 865. The van der Waals surface area contributed by atoms with Crippen LogP contribution in [0.5, 0.6) is 0 Å². The van der Waals surface area contributed by atoms with E-state index in [0.29, 0.717) is 30.1 Å². The first-order valence-electron chi connectivity index (χ1n) is 10.3. The molecule has 7 nitrogen and oxygen atoms in total. The topological polar surface area (TPSA) is 83.9 Å². The van der Waals surface area contributed by atoms with Crippen LogP contribution in [-0.4, -0.2) is 65.0 Å². The number of aliphatic hydroxyl groups excluding tert-OH is 1. The lowest BCUT2D eigenvalue weighted by molar-refractivity contribution is -0.156. The number of fused-ring (bicyclic) bond motifs is 1. The zero-order valence-corrected chi connectivity index (χ0v) is 17.7. The molecule has 1 aromatic heterocycles. The van der Waals surface area contributed by atoms with E-state index in [0.717, 1.165) is 6.07 Å². The van der Waals surface area contributed by atoms with Gasteiger partial charge in [-0.2, -0.15) is 0 Å². The van der Waals surface area contributed by atoms with E-state index in [4.69, 9.17) is 9.47 Å². The Morgan fingerprint density at radius 2 is 2.06 bits per heavy atom. The minimum atomic E-state index is -0.707. The molecule has 4 atom stereocenters. The first kappa shape index (κ1) is 22.2. The number of amides is 1. The van der Waals surface area contributed by atoms with E-state index in [2.05, 4.69) is 10.3 Å². The fraction of sp³-hybridized carbons (Fsp3) is 0.524. The first-order valence-corrected chi connectivity index (χ1v) is 11.1. The maximum absolute atomic E-state index is 13.7. The smallest absolute Gasteiger partial charge is 0.228 e. The summed E-state index contributed by atoms with van der Waals surface area (Å²) in [6.45, 7) is 1.01. The number of anilines is 1. The number of aromatic nitrogens is 1. The summed E-state index contributed by atoms with van der Waals surface area (Å²) in [7, 11) is 0. The number of β-amino-alcohol motifs (C(OH)–C–C–N with tert-alkyl or cyclic N) is 1. The van der Waals surface area contributed by atoms with Crippen molar-refractivity contribution in [2.45, 2.75) is 50.2 Å². The number of hydrogen-bond acceptors (Lipinski definition) is 7. The van der Waals surface area contributed by atoms with Crippen LogP contribution in [-0.2, 0) is 20.8 Å². The summed E-state index contributed by atoms with van der Waals surface area (Å²) in [5.41, 5.74) is 0.495. The molecule has 168 valence electrons. The molecule has 2 aliphatic rings. The van der Waals surface area contributed by atoms with Gasteiger partial charge in [0, 0.05) is 36.8 Å². The Kier molecular flexibility index (Phi) is 7.24. The second-order valence-electron chi connectivity index (χ2n) is 7.93. The van der Waals surface area contributed by atoms with Crippen LogP contribution in [0.15, 0.2) is 29.8 Å². The minimum Gasteiger partial charge on any atom is -0.389 e. The number of thiazole rings is 1. The van der Waals surface area contributed by atoms with Gasteiger partial charge in [0.2, 0.25) is 5.91 Å². The van der Waals surface area contributed by atoms with E-state index >= 15 is 0 Å². The number of hydrogen-bond donors (Lipinski definition) is 2. The third-order valence-electron chi connectivity index (χ3n) is 5.49. The Morgan fingerprint density at radius 1 is 1.26 bits per heavy atom. The van der Waals surface area contributed by atoms with Gasteiger partial charge in [0.05, 0.1) is 37.9 Å².